The van der Waals surface area contributed by atoms with Crippen LogP contribution in [0.5, 0.6) is 5.75 Å². The normalized spacial score (nSPS) is 10.3. The number of carbonyl (C=O) groups excluding carboxylic acids is 1. The van der Waals surface area contributed by atoms with E-state index in [9.17, 15) is 4.79 Å². The first-order valence-electron chi connectivity index (χ1n) is 7.58. The maximum atomic E-state index is 12.3. The molecule has 0 aliphatic rings. The third-order valence-corrected chi connectivity index (χ3v) is 3.76. The van der Waals surface area contributed by atoms with Crippen molar-refractivity contribution in [3.05, 3.63) is 89.5 Å². The van der Waals surface area contributed by atoms with Gasteiger partial charge in [0.25, 0.3) is 0 Å². The third-order valence-electron chi connectivity index (χ3n) is 3.76. The number of rotatable bonds is 3. The first-order valence-corrected chi connectivity index (χ1v) is 7.58. The summed E-state index contributed by atoms with van der Waals surface area (Å²) in [6, 6.07) is 23.3. The average molecular weight is 302 g/mol. The molecule has 3 aromatic rings. The molecule has 0 spiro atoms. The highest BCUT2D eigenvalue weighted by Crippen LogP contribution is 2.22. The van der Waals surface area contributed by atoms with Gasteiger partial charge in [0.05, 0.1) is 5.56 Å². The predicted octanol–water partition coefficient (Wildman–Crippen LogP) is 5.19. The van der Waals surface area contributed by atoms with E-state index in [4.69, 9.17) is 4.74 Å². The summed E-state index contributed by atoms with van der Waals surface area (Å²) in [6.45, 7) is 3.95. The third kappa shape index (κ3) is 3.49. The van der Waals surface area contributed by atoms with Gasteiger partial charge in [-0.2, -0.15) is 0 Å². The second-order valence-electron chi connectivity index (χ2n) is 5.60. The number of hydrogen-bond acceptors (Lipinski definition) is 2. The summed E-state index contributed by atoms with van der Waals surface area (Å²) in [5, 5.41) is 0. The van der Waals surface area contributed by atoms with Gasteiger partial charge in [-0.3, -0.25) is 0 Å². The molecule has 0 radical (unpaired) electrons. The van der Waals surface area contributed by atoms with Gasteiger partial charge in [-0.05, 0) is 48.7 Å². The Bertz CT molecular complexity index is 818. The molecule has 114 valence electrons. The van der Waals surface area contributed by atoms with Crippen LogP contribution in [0.2, 0.25) is 0 Å². The van der Waals surface area contributed by atoms with Gasteiger partial charge in [0.1, 0.15) is 5.75 Å². The van der Waals surface area contributed by atoms with Gasteiger partial charge in [-0.25, -0.2) is 4.79 Å². The number of esters is 1. The van der Waals surface area contributed by atoms with Crippen LogP contribution in [0.15, 0.2) is 72.8 Å². The minimum Gasteiger partial charge on any atom is -0.423 e. The van der Waals surface area contributed by atoms with Crippen molar-refractivity contribution in [3.63, 3.8) is 0 Å². The van der Waals surface area contributed by atoms with E-state index < -0.39 is 0 Å². The lowest BCUT2D eigenvalue weighted by molar-refractivity contribution is 0.0733. The summed E-state index contributed by atoms with van der Waals surface area (Å²) in [5.41, 5.74) is 4.86. The molecule has 0 fully saturated rings. The van der Waals surface area contributed by atoms with E-state index in [-0.39, 0.29) is 5.97 Å². The Morgan fingerprint density at radius 1 is 0.783 bits per heavy atom. The molecule has 0 saturated carbocycles. The van der Waals surface area contributed by atoms with E-state index in [1.54, 1.807) is 12.1 Å². The molecule has 0 aliphatic carbocycles. The molecule has 3 rings (SSSR count). The lowest BCUT2D eigenvalue weighted by Crippen LogP contribution is -2.09. The summed E-state index contributed by atoms with van der Waals surface area (Å²) in [6.07, 6.45) is 0. The molecule has 0 unspecified atom stereocenters. The van der Waals surface area contributed by atoms with Gasteiger partial charge in [-0.1, -0.05) is 60.2 Å². The Kier molecular flexibility index (Phi) is 4.24. The summed E-state index contributed by atoms with van der Waals surface area (Å²) >= 11 is 0. The molecule has 0 saturated heterocycles. The highest BCUT2D eigenvalue weighted by atomic mass is 16.5. The molecule has 0 heterocycles. The molecule has 2 nitrogen and oxygen atoms in total. The molecule has 0 N–H and O–H groups in total. The molecule has 0 aliphatic heterocycles. The Balaban J connectivity index is 1.78. The number of hydrogen-bond donors (Lipinski definition) is 0. The van der Waals surface area contributed by atoms with Crippen LogP contribution in [0.1, 0.15) is 21.5 Å². The molecule has 0 aromatic heterocycles. The summed E-state index contributed by atoms with van der Waals surface area (Å²) < 4.78 is 5.49. The minimum atomic E-state index is -0.337. The number of carbonyl (C=O) groups is 1. The van der Waals surface area contributed by atoms with Crippen molar-refractivity contribution >= 4 is 5.97 Å². The zero-order chi connectivity index (χ0) is 16.2. The van der Waals surface area contributed by atoms with Crippen molar-refractivity contribution < 1.29 is 9.53 Å². The van der Waals surface area contributed by atoms with E-state index in [0.717, 1.165) is 22.3 Å². The van der Waals surface area contributed by atoms with Crippen LogP contribution in [-0.2, 0) is 0 Å². The number of ether oxygens (including phenoxy) is 1. The van der Waals surface area contributed by atoms with Crippen molar-refractivity contribution in [2.75, 3.05) is 0 Å². The Morgan fingerprint density at radius 2 is 1.43 bits per heavy atom. The predicted molar refractivity (Wildman–Crippen MR) is 92.8 cm³/mol. The molecule has 0 bridgehead atoms. The zero-order valence-corrected chi connectivity index (χ0v) is 13.2. The minimum absolute atomic E-state index is 0.337. The summed E-state index contributed by atoms with van der Waals surface area (Å²) in [4.78, 5) is 12.3. The highest BCUT2D eigenvalue weighted by molar-refractivity contribution is 5.91. The molecule has 2 heteroatoms. The van der Waals surface area contributed by atoms with Crippen LogP contribution >= 0.6 is 0 Å². The van der Waals surface area contributed by atoms with Crippen LogP contribution in [0.3, 0.4) is 0 Å². The van der Waals surface area contributed by atoms with Gasteiger partial charge in [-0.15, -0.1) is 0 Å². The zero-order valence-electron chi connectivity index (χ0n) is 13.2. The SMILES string of the molecule is Cc1ccc(OC(=O)c2ccc(-c3ccccc3)cc2)c(C)c1. The number of benzene rings is 3. The summed E-state index contributed by atoms with van der Waals surface area (Å²) in [5.74, 6) is 0.268. The molecular formula is C21H18O2. The fourth-order valence-corrected chi connectivity index (χ4v) is 2.50. The quantitative estimate of drug-likeness (QED) is 0.491. The smallest absolute Gasteiger partial charge is 0.343 e. The van der Waals surface area contributed by atoms with E-state index in [2.05, 4.69) is 0 Å². The van der Waals surface area contributed by atoms with E-state index in [1.807, 2.05) is 74.5 Å². The first-order chi connectivity index (χ1) is 11.1. The van der Waals surface area contributed by atoms with Gasteiger partial charge in [0.2, 0.25) is 0 Å². The van der Waals surface area contributed by atoms with Crippen molar-refractivity contribution in [1.29, 1.82) is 0 Å². The van der Waals surface area contributed by atoms with Gasteiger partial charge >= 0.3 is 5.97 Å². The Morgan fingerprint density at radius 3 is 2.09 bits per heavy atom. The molecule has 0 atom stereocenters. The van der Waals surface area contributed by atoms with Gasteiger partial charge in [0, 0.05) is 0 Å². The van der Waals surface area contributed by atoms with Gasteiger partial charge < -0.3 is 4.74 Å². The van der Waals surface area contributed by atoms with Crippen LogP contribution in [-0.4, -0.2) is 5.97 Å². The highest BCUT2D eigenvalue weighted by Gasteiger charge is 2.10. The Labute approximate surface area is 136 Å². The first kappa shape index (κ1) is 15.0. The maximum absolute atomic E-state index is 12.3. The number of aryl methyl sites for hydroxylation is 2. The van der Waals surface area contributed by atoms with Crippen LogP contribution < -0.4 is 4.74 Å². The average Bonchev–Trinajstić information content (AvgIpc) is 2.58. The van der Waals surface area contributed by atoms with Crippen LogP contribution in [0, 0.1) is 13.8 Å². The van der Waals surface area contributed by atoms with E-state index >= 15 is 0 Å². The molecule has 3 aromatic carbocycles. The largest absolute Gasteiger partial charge is 0.423 e. The second kappa shape index (κ2) is 6.49. The standard InChI is InChI=1S/C21H18O2/c1-15-8-13-20(16(2)14-15)23-21(22)19-11-9-18(10-12-19)17-6-4-3-5-7-17/h3-14H,1-2H3. The van der Waals surface area contributed by atoms with Crippen LogP contribution in [0.4, 0.5) is 0 Å². The van der Waals surface area contributed by atoms with Crippen molar-refractivity contribution in [3.8, 4) is 16.9 Å². The fraction of sp³-hybridized carbons (Fsp3) is 0.0952. The molecular weight excluding hydrogens is 284 g/mol. The Hall–Kier alpha value is -2.87. The topological polar surface area (TPSA) is 26.3 Å². The van der Waals surface area contributed by atoms with Crippen molar-refractivity contribution in [1.82, 2.24) is 0 Å². The van der Waals surface area contributed by atoms with E-state index in [1.165, 1.54) is 0 Å². The van der Waals surface area contributed by atoms with Crippen LogP contribution in [0.25, 0.3) is 11.1 Å². The van der Waals surface area contributed by atoms with Gasteiger partial charge in [0.15, 0.2) is 0 Å². The summed E-state index contributed by atoms with van der Waals surface area (Å²) in [7, 11) is 0. The second-order valence-corrected chi connectivity index (χ2v) is 5.60. The van der Waals surface area contributed by atoms with Crippen molar-refractivity contribution in [2.24, 2.45) is 0 Å². The monoisotopic (exact) mass is 302 g/mol. The molecule has 23 heavy (non-hydrogen) atoms. The molecule has 0 amide bonds. The maximum Gasteiger partial charge on any atom is 0.343 e. The van der Waals surface area contributed by atoms with Crippen molar-refractivity contribution in [2.45, 2.75) is 13.8 Å². The lowest BCUT2D eigenvalue weighted by Gasteiger charge is -2.08. The fourth-order valence-electron chi connectivity index (χ4n) is 2.50. The van der Waals surface area contributed by atoms with E-state index in [0.29, 0.717) is 11.3 Å². The lowest BCUT2D eigenvalue weighted by atomic mass is 10.0.